The van der Waals surface area contributed by atoms with E-state index in [9.17, 15) is 4.79 Å². The number of hydrogen-bond acceptors (Lipinski definition) is 8. The third kappa shape index (κ3) is 5.37. The molecule has 9 heteroatoms. The van der Waals surface area contributed by atoms with Crippen LogP contribution in [0.3, 0.4) is 0 Å². The van der Waals surface area contributed by atoms with Crippen molar-refractivity contribution >= 4 is 23.3 Å². The van der Waals surface area contributed by atoms with Gasteiger partial charge in [0.1, 0.15) is 29.4 Å². The van der Waals surface area contributed by atoms with Crippen LogP contribution in [0.1, 0.15) is 41.0 Å². The zero-order chi connectivity index (χ0) is 23.3. The molecule has 5 N–H and O–H groups in total. The number of hydrogen-bond donors (Lipinski definition) is 4. The van der Waals surface area contributed by atoms with Crippen molar-refractivity contribution in [3.05, 3.63) is 71.3 Å². The van der Waals surface area contributed by atoms with Crippen LogP contribution in [0.25, 0.3) is 0 Å². The van der Waals surface area contributed by atoms with Crippen LogP contribution in [0.15, 0.2) is 48.9 Å². The number of nitrogens with zero attached hydrogens (tertiary/aromatic N) is 3. The smallest absolute Gasteiger partial charge is 0.270 e. The van der Waals surface area contributed by atoms with Gasteiger partial charge in [-0.25, -0.2) is 9.97 Å². The maximum Gasteiger partial charge on any atom is 0.270 e. The highest BCUT2D eigenvalue weighted by atomic mass is 16.5. The Kier molecular flexibility index (Phi) is 6.67. The van der Waals surface area contributed by atoms with Gasteiger partial charge in [0, 0.05) is 24.4 Å². The first-order valence-corrected chi connectivity index (χ1v) is 10.0. The monoisotopic (exact) mass is 433 g/mol. The molecule has 9 nitrogen and oxygen atoms in total. The molecule has 2 aromatic heterocycles. The summed E-state index contributed by atoms with van der Waals surface area (Å²) in [6.45, 7) is 6.07. The van der Waals surface area contributed by atoms with Crippen LogP contribution in [0.5, 0.6) is 5.75 Å². The first-order valence-electron chi connectivity index (χ1n) is 10.0. The second-order valence-corrected chi connectivity index (χ2v) is 8.00. The number of methoxy groups -OCH3 is 1. The quantitative estimate of drug-likeness (QED) is 0.401. The van der Waals surface area contributed by atoms with Gasteiger partial charge in [-0.15, -0.1) is 0 Å². The SMILES string of the molecule is COc1ccnc(C(=O)NCC(C)(C)Nc2ncnc(N)c2C(=N)c2ccc(C)cc2)c1. The molecule has 0 unspecified atom stereocenters. The zero-order valence-corrected chi connectivity index (χ0v) is 18.6. The van der Waals surface area contributed by atoms with E-state index in [1.54, 1.807) is 12.1 Å². The van der Waals surface area contributed by atoms with Crippen molar-refractivity contribution in [1.82, 2.24) is 20.3 Å². The topological polar surface area (TPSA) is 139 Å². The Morgan fingerprint density at radius 1 is 1.16 bits per heavy atom. The van der Waals surface area contributed by atoms with Gasteiger partial charge in [-0.3, -0.25) is 15.2 Å². The van der Waals surface area contributed by atoms with Crippen molar-refractivity contribution < 1.29 is 9.53 Å². The van der Waals surface area contributed by atoms with Crippen molar-refractivity contribution in [2.75, 3.05) is 24.7 Å². The van der Waals surface area contributed by atoms with Gasteiger partial charge in [0.25, 0.3) is 5.91 Å². The van der Waals surface area contributed by atoms with Crippen LogP contribution < -0.4 is 21.1 Å². The van der Waals surface area contributed by atoms with Gasteiger partial charge in [0.2, 0.25) is 0 Å². The number of pyridine rings is 1. The summed E-state index contributed by atoms with van der Waals surface area (Å²) < 4.78 is 5.14. The van der Waals surface area contributed by atoms with E-state index in [0.717, 1.165) is 5.56 Å². The normalized spacial score (nSPS) is 11.0. The minimum atomic E-state index is -0.613. The van der Waals surface area contributed by atoms with Crippen LogP contribution in [0, 0.1) is 12.3 Å². The number of nitrogens with one attached hydrogen (secondary N) is 3. The summed E-state index contributed by atoms with van der Waals surface area (Å²) in [6, 6.07) is 10.8. The lowest BCUT2D eigenvalue weighted by Gasteiger charge is -2.28. The molecule has 0 bridgehead atoms. The summed E-state index contributed by atoms with van der Waals surface area (Å²) in [5.74, 6) is 0.849. The standard InChI is InChI=1S/C23H27N7O2/c1-14-5-7-15(8-6-14)19(24)18-20(25)28-13-29-21(18)30-23(2,3)12-27-22(31)17-11-16(32-4)9-10-26-17/h5-11,13,24H,12H2,1-4H3,(H,27,31)(H3,25,28,29,30). The summed E-state index contributed by atoms with van der Waals surface area (Å²) in [6.07, 6.45) is 2.86. The van der Waals surface area contributed by atoms with E-state index < -0.39 is 5.54 Å². The molecule has 0 radical (unpaired) electrons. The van der Waals surface area contributed by atoms with Crippen LogP contribution in [0.4, 0.5) is 11.6 Å². The molecule has 0 aliphatic carbocycles. The number of aromatic nitrogens is 3. The van der Waals surface area contributed by atoms with Crippen LogP contribution in [-0.2, 0) is 0 Å². The Morgan fingerprint density at radius 3 is 2.56 bits per heavy atom. The number of nitrogens with two attached hydrogens (primary N) is 1. The van der Waals surface area contributed by atoms with Gasteiger partial charge in [-0.2, -0.15) is 0 Å². The maximum atomic E-state index is 12.5. The fourth-order valence-corrected chi connectivity index (χ4v) is 3.02. The van der Waals surface area contributed by atoms with E-state index in [2.05, 4.69) is 25.6 Å². The van der Waals surface area contributed by atoms with Gasteiger partial charge >= 0.3 is 0 Å². The Labute approximate surface area is 187 Å². The number of nitrogen functional groups attached to an aromatic ring is 1. The van der Waals surface area contributed by atoms with E-state index in [1.807, 2.05) is 45.0 Å². The molecule has 0 aliphatic heterocycles. The molecule has 0 saturated carbocycles. The van der Waals surface area contributed by atoms with Crippen LogP contribution >= 0.6 is 0 Å². The summed E-state index contributed by atoms with van der Waals surface area (Å²) >= 11 is 0. The Bertz CT molecular complexity index is 1130. The third-order valence-electron chi connectivity index (χ3n) is 4.81. The number of carbonyl (C=O) groups is 1. The molecule has 0 atom stereocenters. The minimum absolute atomic E-state index is 0.202. The molecule has 0 aliphatic rings. The molecule has 0 spiro atoms. The summed E-state index contributed by atoms with van der Waals surface area (Å²) in [7, 11) is 1.53. The second kappa shape index (κ2) is 9.42. The molecular formula is C23H27N7O2. The van der Waals surface area contributed by atoms with Crippen LogP contribution in [0.2, 0.25) is 0 Å². The van der Waals surface area contributed by atoms with Gasteiger partial charge in [0.05, 0.1) is 23.9 Å². The molecule has 0 fully saturated rings. The Hall–Kier alpha value is -4.01. The largest absolute Gasteiger partial charge is 0.497 e. The number of anilines is 2. The number of amides is 1. The first-order chi connectivity index (χ1) is 15.2. The Balaban J connectivity index is 1.77. The lowest BCUT2D eigenvalue weighted by molar-refractivity contribution is 0.0942. The molecule has 0 saturated heterocycles. The van der Waals surface area contributed by atoms with Gasteiger partial charge in [-0.05, 0) is 26.8 Å². The molecular weight excluding hydrogens is 406 g/mol. The van der Waals surface area contributed by atoms with Gasteiger partial charge in [0.15, 0.2) is 0 Å². The molecule has 32 heavy (non-hydrogen) atoms. The Morgan fingerprint density at radius 2 is 1.88 bits per heavy atom. The van der Waals surface area contributed by atoms with Crippen molar-refractivity contribution in [2.24, 2.45) is 0 Å². The van der Waals surface area contributed by atoms with E-state index >= 15 is 0 Å². The maximum absolute atomic E-state index is 12.5. The van der Waals surface area contributed by atoms with Crippen molar-refractivity contribution in [1.29, 1.82) is 5.41 Å². The van der Waals surface area contributed by atoms with E-state index in [0.29, 0.717) is 22.7 Å². The summed E-state index contributed by atoms with van der Waals surface area (Å²) in [5.41, 5.74) is 8.18. The highest BCUT2D eigenvalue weighted by Gasteiger charge is 2.24. The number of aryl methyl sites for hydroxylation is 1. The van der Waals surface area contributed by atoms with E-state index in [4.69, 9.17) is 15.9 Å². The van der Waals surface area contributed by atoms with E-state index in [1.165, 1.54) is 19.6 Å². The predicted molar refractivity (Wildman–Crippen MR) is 124 cm³/mol. The fraction of sp³-hybridized carbons (Fsp3) is 0.261. The van der Waals surface area contributed by atoms with Gasteiger partial charge in [-0.1, -0.05) is 29.8 Å². The van der Waals surface area contributed by atoms with Crippen molar-refractivity contribution in [3.63, 3.8) is 0 Å². The highest BCUT2D eigenvalue weighted by molar-refractivity contribution is 6.16. The third-order valence-corrected chi connectivity index (χ3v) is 4.81. The van der Waals surface area contributed by atoms with Crippen molar-refractivity contribution in [2.45, 2.75) is 26.3 Å². The first kappa shape index (κ1) is 22.7. The molecule has 2 heterocycles. The highest BCUT2D eigenvalue weighted by Crippen LogP contribution is 2.24. The minimum Gasteiger partial charge on any atom is -0.497 e. The van der Waals surface area contributed by atoms with Gasteiger partial charge < -0.3 is 21.1 Å². The number of carbonyl (C=O) groups excluding carboxylic acids is 1. The fourth-order valence-electron chi connectivity index (χ4n) is 3.02. The van der Waals surface area contributed by atoms with Crippen molar-refractivity contribution in [3.8, 4) is 5.75 Å². The lowest BCUT2D eigenvalue weighted by atomic mass is 10.00. The zero-order valence-electron chi connectivity index (χ0n) is 18.6. The van der Waals surface area contributed by atoms with Crippen LogP contribution in [-0.4, -0.2) is 45.8 Å². The molecule has 1 amide bonds. The number of benzene rings is 1. The summed E-state index contributed by atoms with van der Waals surface area (Å²) in [4.78, 5) is 25.0. The number of ether oxygens (including phenoxy) is 1. The summed E-state index contributed by atoms with van der Waals surface area (Å²) in [5, 5.41) is 14.8. The number of rotatable bonds is 8. The second-order valence-electron chi connectivity index (χ2n) is 8.00. The lowest BCUT2D eigenvalue weighted by Crippen LogP contribution is -2.44. The average Bonchev–Trinajstić information content (AvgIpc) is 2.77. The van der Waals surface area contributed by atoms with E-state index in [-0.39, 0.29) is 29.7 Å². The molecule has 1 aromatic carbocycles. The molecule has 3 aromatic rings. The molecule has 166 valence electrons. The average molecular weight is 434 g/mol. The predicted octanol–water partition coefficient (Wildman–Crippen LogP) is 2.81. The molecule has 3 rings (SSSR count).